The van der Waals surface area contributed by atoms with E-state index in [1.807, 2.05) is 25.1 Å². The Balaban J connectivity index is 1.47. The Morgan fingerprint density at radius 3 is 2.85 bits per heavy atom. The normalized spacial score (nSPS) is 10.9. The number of benzene rings is 2. The van der Waals surface area contributed by atoms with Crippen molar-refractivity contribution >= 4 is 44.2 Å². The molecule has 2 heterocycles. The van der Waals surface area contributed by atoms with Gasteiger partial charge in [0, 0.05) is 11.2 Å². The first-order valence-corrected chi connectivity index (χ1v) is 9.37. The summed E-state index contributed by atoms with van der Waals surface area (Å²) >= 11 is 7.30. The summed E-state index contributed by atoms with van der Waals surface area (Å²) in [4.78, 5) is 17.1. The molecule has 4 rings (SSSR count). The van der Waals surface area contributed by atoms with E-state index < -0.39 is 0 Å². The fourth-order valence-electron chi connectivity index (χ4n) is 2.54. The summed E-state index contributed by atoms with van der Waals surface area (Å²) in [6.07, 6.45) is 1.56. The van der Waals surface area contributed by atoms with Crippen LogP contribution in [-0.4, -0.2) is 20.7 Å². The van der Waals surface area contributed by atoms with Gasteiger partial charge in [-0.1, -0.05) is 29.0 Å². The number of hydrogen-bond acceptors (Lipinski definition) is 5. The van der Waals surface area contributed by atoms with Crippen molar-refractivity contribution in [2.45, 2.75) is 13.7 Å². The van der Waals surface area contributed by atoms with E-state index in [-0.39, 0.29) is 12.6 Å². The minimum absolute atomic E-state index is 0.108. The van der Waals surface area contributed by atoms with Crippen LogP contribution in [0.5, 0.6) is 5.75 Å². The Morgan fingerprint density at radius 2 is 2.04 bits per heavy atom. The van der Waals surface area contributed by atoms with Crippen molar-refractivity contribution in [2.24, 2.45) is 0 Å². The Bertz CT molecular complexity index is 1100. The minimum Gasteiger partial charge on any atom is -0.471 e. The van der Waals surface area contributed by atoms with Crippen LogP contribution in [0.15, 0.2) is 54.7 Å². The van der Waals surface area contributed by atoms with Crippen LogP contribution in [-0.2, 0) is 6.73 Å². The molecule has 8 heteroatoms. The number of aryl methyl sites for hydroxylation is 1. The molecular formula is C19H15ClN4O2S. The smallest absolute Gasteiger partial charge is 0.275 e. The van der Waals surface area contributed by atoms with Gasteiger partial charge in [0.1, 0.15) is 11.4 Å². The zero-order chi connectivity index (χ0) is 18.8. The number of ether oxygens (including phenoxy) is 1. The van der Waals surface area contributed by atoms with Gasteiger partial charge >= 0.3 is 0 Å². The molecule has 0 fully saturated rings. The molecule has 27 heavy (non-hydrogen) atoms. The number of halogens is 1. The number of hydrogen-bond donors (Lipinski definition) is 1. The van der Waals surface area contributed by atoms with Gasteiger partial charge in [0.15, 0.2) is 11.9 Å². The van der Waals surface area contributed by atoms with Gasteiger partial charge < -0.3 is 4.74 Å². The van der Waals surface area contributed by atoms with Gasteiger partial charge in [-0.05, 0) is 55.0 Å². The molecule has 0 aliphatic heterocycles. The van der Waals surface area contributed by atoms with E-state index in [4.69, 9.17) is 16.3 Å². The van der Waals surface area contributed by atoms with Crippen molar-refractivity contribution in [3.05, 3.63) is 71.0 Å². The van der Waals surface area contributed by atoms with E-state index in [0.717, 1.165) is 15.8 Å². The van der Waals surface area contributed by atoms with Crippen LogP contribution in [0.2, 0.25) is 5.02 Å². The molecule has 1 N–H and O–H groups in total. The lowest BCUT2D eigenvalue weighted by Crippen LogP contribution is -2.19. The summed E-state index contributed by atoms with van der Waals surface area (Å²) in [5, 5.41) is 8.17. The molecule has 0 spiro atoms. The van der Waals surface area contributed by atoms with E-state index in [1.165, 1.54) is 16.0 Å². The van der Waals surface area contributed by atoms with Crippen molar-refractivity contribution in [3.8, 4) is 5.75 Å². The molecule has 0 radical (unpaired) electrons. The number of anilines is 1. The van der Waals surface area contributed by atoms with Gasteiger partial charge in [-0.2, -0.15) is 5.10 Å². The van der Waals surface area contributed by atoms with Gasteiger partial charge in [0.05, 0.1) is 10.2 Å². The predicted molar refractivity (Wildman–Crippen MR) is 107 cm³/mol. The topological polar surface area (TPSA) is 69.0 Å². The zero-order valence-corrected chi connectivity index (χ0v) is 15.9. The molecule has 136 valence electrons. The van der Waals surface area contributed by atoms with Gasteiger partial charge in [0.25, 0.3) is 5.91 Å². The quantitative estimate of drug-likeness (QED) is 0.527. The van der Waals surface area contributed by atoms with Crippen molar-refractivity contribution < 1.29 is 9.53 Å². The molecule has 0 unspecified atom stereocenters. The Morgan fingerprint density at radius 1 is 1.22 bits per heavy atom. The lowest BCUT2D eigenvalue weighted by molar-refractivity contribution is 0.100. The number of carbonyl (C=O) groups is 1. The van der Waals surface area contributed by atoms with E-state index in [9.17, 15) is 4.79 Å². The molecule has 2 aromatic carbocycles. The third kappa shape index (κ3) is 3.94. The maximum atomic E-state index is 12.6. The third-order valence-corrected chi connectivity index (χ3v) is 5.07. The zero-order valence-electron chi connectivity index (χ0n) is 14.3. The predicted octanol–water partition coefficient (Wildman–Crippen LogP) is 4.74. The SMILES string of the molecule is Cc1ccc2nc(NC(=O)c3ccnn3COc3ccc(Cl)cc3)sc2c1. The Kier molecular flexibility index (Phi) is 4.79. The molecule has 4 aromatic rings. The van der Waals surface area contributed by atoms with E-state index in [1.54, 1.807) is 36.5 Å². The highest BCUT2D eigenvalue weighted by molar-refractivity contribution is 7.22. The fraction of sp³-hybridized carbons (Fsp3) is 0.105. The van der Waals surface area contributed by atoms with Crippen LogP contribution in [0.4, 0.5) is 5.13 Å². The second-order valence-corrected chi connectivity index (χ2v) is 7.35. The van der Waals surface area contributed by atoms with Crippen LogP contribution >= 0.6 is 22.9 Å². The van der Waals surface area contributed by atoms with Gasteiger partial charge in [0.2, 0.25) is 0 Å². The summed E-state index contributed by atoms with van der Waals surface area (Å²) < 4.78 is 8.18. The standard InChI is InChI=1S/C19H15ClN4O2S/c1-12-2-7-15-17(10-12)27-19(22-15)23-18(25)16-8-9-21-24(16)11-26-14-5-3-13(20)4-6-14/h2-10H,11H2,1H3,(H,22,23,25). The molecule has 0 saturated carbocycles. The summed E-state index contributed by atoms with van der Waals surface area (Å²) in [5.74, 6) is 0.353. The number of carbonyl (C=O) groups excluding carboxylic acids is 1. The first-order chi connectivity index (χ1) is 13.1. The molecule has 0 aliphatic rings. The summed E-state index contributed by atoms with van der Waals surface area (Å²) in [7, 11) is 0. The molecule has 0 aliphatic carbocycles. The Labute approximate surface area is 164 Å². The van der Waals surface area contributed by atoms with Crippen molar-refractivity contribution in [3.63, 3.8) is 0 Å². The van der Waals surface area contributed by atoms with Crippen molar-refractivity contribution in [2.75, 3.05) is 5.32 Å². The summed E-state index contributed by atoms with van der Waals surface area (Å²) in [6.45, 7) is 2.13. The highest BCUT2D eigenvalue weighted by atomic mass is 35.5. The van der Waals surface area contributed by atoms with Crippen LogP contribution in [0.25, 0.3) is 10.2 Å². The third-order valence-electron chi connectivity index (χ3n) is 3.88. The van der Waals surface area contributed by atoms with E-state index >= 15 is 0 Å². The molecule has 0 atom stereocenters. The second-order valence-electron chi connectivity index (χ2n) is 5.89. The molecule has 0 bridgehead atoms. The van der Waals surface area contributed by atoms with Gasteiger partial charge in [-0.15, -0.1) is 0 Å². The van der Waals surface area contributed by atoms with Gasteiger partial charge in [-0.25, -0.2) is 9.67 Å². The van der Waals surface area contributed by atoms with Crippen LogP contribution in [0, 0.1) is 6.92 Å². The van der Waals surface area contributed by atoms with Crippen molar-refractivity contribution in [1.29, 1.82) is 0 Å². The molecular weight excluding hydrogens is 384 g/mol. The molecule has 0 saturated heterocycles. The van der Waals surface area contributed by atoms with E-state index in [2.05, 4.69) is 15.4 Å². The largest absolute Gasteiger partial charge is 0.471 e. The number of fused-ring (bicyclic) bond motifs is 1. The number of rotatable bonds is 5. The maximum absolute atomic E-state index is 12.6. The maximum Gasteiger partial charge on any atom is 0.275 e. The average molecular weight is 399 g/mol. The molecule has 2 aromatic heterocycles. The lowest BCUT2D eigenvalue weighted by atomic mass is 10.2. The number of amides is 1. The highest BCUT2D eigenvalue weighted by Crippen LogP contribution is 2.27. The highest BCUT2D eigenvalue weighted by Gasteiger charge is 2.15. The first kappa shape index (κ1) is 17.5. The first-order valence-electron chi connectivity index (χ1n) is 8.17. The van der Waals surface area contributed by atoms with Crippen molar-refractivity contribution in [1.82, 2.24) is 14.8 Å². The number of thiazole rings is 1. The number of nitrogens with one attached hydrogen (secondary N) is 1. The second kappa shape index (κ2) is 7.38. The van der Waals surface area contributed by atoms with Crippen LogP contribution in [0.3, 0.4) is 0 Å². The Hall–Kier alpha value is -2.90. The van der Waals surface area contributed by atoms with Crippen LogP contribution < -0.4 is 10.1 Å². The van der Waals surface area contributed by atoms with Gasteiger partial charge in [-0.3, -0.25) is 10.1 Å². The van der Waals surface area contributed by atoms with E-state index in [0.29, 0.717) is 21.6 Å². The fourth-order valence-corrected chi connectivity index (χ4v) is 3.63. The lowest BCUT2D eigenvalue weighted by Gasteiger charge is -2.09. The molecule has 1 amide bonds. The summed E-state index contributed by atoms with van der Waals surface area (Å²) in [5.41, 5.74) is 2.40. The number of nitrogens with zero attached hydrogens (tertiary/aromatic N) is 3. The van der Waals surface area contributed by atoms with Crippen LogP contribution in [0.1, 0.15) is 16.1 Å². The summed E-state index contributed by atoms with van der Waals surface area (Å²) in [6, 6.07) is 14.6. The minimum atomic E-state index is -0.289. The number of aromatic nitrogens is 3. The monoisotopic (exact) mass is 398 g/mol. The molecule has 6 nitrogen and oxygen atoms in total. The average Bonchev–Trinajstić information content (AvgIpc) is 3.27.